The van der Waals surface area contributed by atoms with Gasteiger partial charge in [0.25, 0.3) is 0 Å². The molecule has 2 heterocycles. The van der Waals surface area contributed by atoms with E-state index in [0.717, 1.165) is 49.8 Å². The third-order valence-corrected chi connectivity index (χ3v) is 11.8. The number of aromatic nitrogens is 3. The van der Waals surface area contributed by atoms with Crippen LogP contribution in [-0.4, -0.2) is 15.0 Å². The molecule has 0 fully saturated rings. The van der Waals surface area contributed by atoms with Gasteiger partial charge in [0.15, 0.2) is 17.5 Å². The van der Waals surface area contributed by atoms with E-state index in [-0.39, 0.29) is 0 Å². The number of fused-ring (bicyclic) bond motifs is 13. The summed E-state index contributed by atoms with van der Waals surface area (Å²) in [7, 11) is 0. The second-order valence-electron chi connectivity index (χ2n) is 14.7. The molecule has 0 unspecified atom stereocenters. The van der Waals surface area contributed by atoms with Crippen LogP contribution < -0.4 is 0 Å². The Balaban J connectivity index is 1.03. The molecule has 0 aliphatic heterocycles. The lowest BCUT2D eigenvalue weighted by molar-refractivity contribution is 0.669. The predicted octanol–water partition coefficient (Wildman–Crippen LogP) is 12.8. The van der Waals surface area contributed by atoms with E-state index in [1.807, 2.05) is 36.4 Å². The molecule has 4 heteroatoms. The number of benzene rings is 8. The Morgan fingerprint density at radius 3 is 1.45 bits per heavy atom. The van der Waals surface area contributed by atoms with Crippen molar-refractivity contribution in [1.29, 1.82) is 0 Å². The van der Waals surface area contributed by atoms with Gasteiger partial charge in [-0.1, -0.05) is 170 Å². The van der Waals surface area contributed by atoms with Crippen molar-refractivity contribution in [3.8, 4) is 67.5 Å². The van der Waals surface area contributed by atoms with Crippen LogP contribution in [0.2, 0.25) is 0 Å². The lowest BCUT2D eigenvalue weighted by atomic mass is 9.70. The molecule has 12 rings (SSSR count). The number of rotatable bonds is 4. The van der Waals surface area contributed by atoms with Crippen molar-refractivity contribution < 1.29 is 4.42 Å². The Bertz CT molecular complexity index is 3130. The van der Waals surface area contributed by atoms with E-state index < -0.39 is 5.41 Å². The number of hydrogen-bond acceptors (Lipinski definition) is 4. The molecular weight excluding hydrogens is 683 g/mol. The fourth-order valence-electron chi connectivity index (χ4n) is 9.40. The summed E-state index contributed by atoms with van der Waals surface area (Å²) in [4.78, 5) is 15.5. The third kappa shape index (κ3) is 4.32. The molecular formula is C52H31N3O. The van der Waals surface area contributed by atoms with E-state index in [1.54, 1.807) is 0 Å². The summed E-state index contributed by atoms with van der Waals surface area (Å²) >= 11 is 0. The highest BCUT2D eigenvalue weighted by molar-refractivity contribution is 6.12. The van der Waals surface area contributed by atoms with Gasteiger partial charge in [0.1, 0.15) is 11.2 Å². The maximum absolute atomic E-state index is 6.20. The maximum atomic E-state index is 6.20. The van der Waals surface area contributed by atoms with Gasteiger partial charge in [-0.25, -0.2) is 15.0 Å². The van der Waals surface area contributed by atoms with Gasteiger partial charge in [0.05, 0.1) is 5.41 Å². The molecule has 0 N–H and O–H groups in total. The second kappa shape index (κ2) is 11.8. The maximum Gasteiger partial charge on any atom is 0.164 e. The Kier molecular flexibility index (Phi) is 6.52. The molecule has 2 aliphatic carbocycles. The third-order valence-electron chi connectivity index (χ3n) is 11.8. The summed E-state index contributed by atoms with van der Waals surface area (Å²) in [6.07, 6.45) is 0. The van der Waals surface area contributed by atoms with Crippen molar-refractivity contribution in [2.75, 3.05) is 0 Å². The zero-order valence-electron chi connectivity index (χ0n) is 30.1. The van der Waals surface area contributed by atoms with E-state index in [1.165, 1.54) is 44.5 Å². The molecule has 0 saturated carbocycles. The van der Waals surface area contributed by atoms with Crippen LogP contribution in [0.4, 0.5) is 0 Å². The molecule has 1 spiro atoms. The van der Waals surface area contributed by atoms with Gasteiger partial charge in [-0.3, -0.25) is 0 Å². The first-order valence-electron chi connectivity index (χ1n) is 19.0. The number of furan rings is 1. The van der Waals surface area contributed by atoms with Crippen LogP contribution in [0.25, 0.3) is 89.5 Å². The van der Waals surface area contributed by atoms with E-state index in [2.05, 4.69) is 152 Å². The van der Waals surface area contributed by atoms with Crippen LogP contribution in [-0.2, 0) is 5.41 Å². The number of hydrogen-bond donors (Lipinski definition) is 0. The molecule has 2 aliphatic rings. The lowest BCUT2D eigenvalue weighted by Crippen LogP contribution is -2.25. The molecule has 2 aromatic heterocycles. The van der Waals surface area contributed by atoms with Crippen LogP contribution in [0.5, 0.6) is 0 Å². The number of nitrogens with zero attached hydrogens (tertiary/aromatic N) is 3. The van der Waals surface area contributed by atoms with E-state index in [9.17, 15) is 0 Å². The summed E-state index contributed by atoms with van der Waals surface area (Å²) in [5, 5.41) is 2.23. The van der Waals surface area contributed by atoms with Gasteiger partial charge < -0.3 is 4.42 Å². The first-order chi connectivity index (χ1) is 27.8. The quantitative estimate of drug-likeness (QED) is 0.182. The van der Waals surface area contributed by atoms with Crippen molar-refractivity contribution in [3.63, 3.8) is 0 Å². The topological polar surface area (TPSA) is 51.8 Å². The molecule has 8 aromatic carbocycles. The molecule has 4 nitrogen and oxygen atoms in total. The molecule has 0 amide bonds. The smallest absolute Gasteiger partial charge is 0.164 e. The first-order valence-corrected chi connectivity index (χ1v) is 19.0. The Morgan fingerprint density at radius 1 is 0.321 bits per heavy atom. The van der Waals surface area contributed by atoms with Crippen molar-refractivity contribution in [2.24, 2.45) is 0 Å². The molecule has 56 heavy (non-hydrogen) atoms. The van der Waals surface area contributed by atoms with Crippen LogP contribution in [0.3, 0.4) is 0 Å². The highest BCUT2D eigenvalue weighted by Gasteiger charge is 2.51. The van der Waals surface area contributed by atoms with Crippen molar-refractivity contribution in [1.82, 2.24) is 15.0 Å². The normalized spacial score (nSPS) is 13.1. The predicted molar refractivity (Wildman–Crippen MR) is 225 cm³/mol. The fraction of sp³-hybridized carbons (Fsp3) is 0.0192. The molecule has 0 saturated heterocycles. The second-order valence-corrected chi connectivity index (χ2v) is 14.7. The average Bonchev–Trinajstić information content (AvgIpc) is 3.91. The largest absolute Gasteiger partial charge is 0.456 e. The van der Waals surface area contributed by atoms with Gasteiger partial charge in [-0.05, 0) is 73.8 Å². The summed E-state index contributed by atoms with van der Waals surface area (Å²) in [6.45, 7) is 0. The van der Waals surface area contributed by atoms with Crippen LogP contribution in [0, 0.1) is 0 Å². The van der Waals surface area contributed by atoms with E-state index >= 15 is 0 Å². The average molecular weight is 714 g/mol. The lowest BCUT2D eigenvalue weighted by Gasteiger charge is -2.30. The van der Waals surface area contributed by atoms with Crippen molar-refractivity contribution in [3.05, 3.63) is 210 Å². The van der Waals surface area contributed by atoms with Gasteiger partial charge in [-0.15, -0.1) is 0 Å². The van der Waals surface area contributed by atoms with Gasteiger partial charge in [-0.2, -0.15) is 0 Å². The fourth-order valence-corrected chi connectivity index (χ4v) is 9.40. The van der Waals surface area contributed by atoms with E-state index in [0.29, 0.717) is 17.5 Å². The minimum Gasteiger partial charge on any atom is -0.456 e. The highest BCUT2D eigenvalue weighted by atomic mass is 16.3. The highest BCUT2D eigenvalue weighted by Crippen LogP contribution is 2.63. The Morgan fingerprint density at radius 2 is 0.786 bits per heavy atom. The van der Waals surface area contributed by atoms with Gasteiger partial charge in [0, 0.05) is 27.5 Å². The molecule has 0 atom stereocenters. The SMILES string of the molecule is c1ccc(-c2nc(-c3ccc(-c4cccc5oc6ccccc6c45)cc3)nc(-c3ccc4c(c3)C3(c5ccccc5-c5ccccc53)c3ccccc3-4)n2)cc1. The van der Waals surface area contributed by atoms with Crippen molar-refractivity contribution >= 4 is 21.9 Å². The number of para-hydroxylation sites is 1. The first kappa shape index (κ1) is 31.0. The molecule has 260 valence electrons. The van der Waals surface area contributed by atoms with Gasteiger partial charge >= 0.3 is 0 Å². The summed E-state index contributed by atoms with van der Waals surface area (Å²) in [5.41, 5.74) is 16.6. The minimum absolute atomic E-state index is 0.452. The zero-order valence-corrected chi connectivity index (χ0v) is 30.1. The summed E-state index contributed by atoms with van der Waals surface area (Å²) in [5.74, 6) is 1.91. The standard InChI is InChI=1S/C52H31N3O/c1-2-13-33(14-3-1)49-53-50(34-27-25-32(26-28-34)36-19-12-24-47-48(36)41-18-7-11-23-46(41)56-47)55-51(54-49)35-29-30-40-39-17-6-10-22-44(39)52(45(40)31-35)42-20-8-4-15-37(42)38-16-5-9-21-43(38)52/h1-31H. The Hall–Kier alpha value is -7.43. The zero-order chi connectivity index (χ0) is 36.8. The summed E-state index contributed by atoms with van der Waals surface area (Å²) in [6, 6.07) is 66.7. The van der Waals surface area contributed by atoms with Crippen LogP contribution in [0.15, 0.2) is 192 Å². The minimum atomic E-state index is -0.452. The van der Waals surface area contributed by atoms with Gasteiger partial charge in [0.2, 0.25) is 0 Å². The molecule has 10 aromatic rings. The molecule has 0 bridgehead atoms. The van der Waals surface area contributed by atoms with Crippen molar-refractivity contribution in [2.45, 2.75) is 5.41 Å². The molecule has 0 radical (unpaired) electrons. The van der Waals surface area contributed by atoms with Crippen LogP contribution in [0.1, 0.15) is 22.3 Å². The van der Waals surface area contributed by atoms with E-state index in [4.69, 9.17) is 19.4 Å². The monoisotopic (exact) mass is 713 g/mol. The van der Waals surface area contributed by atoms with Crippen LogP contribution >= 0.6 is 0 Å². The Labute approximate surface area is 323 Å². The summed E-state index contributed by atoms with van der Waals surface area (Å²) < 4.78 is 6.20.